The fourth-order valence-electron chi connectivity index (χ4n) is 6.53. The van der Waals surface area contributed by atoms with E-state index in [4.69, 9.17) is 33.5 Å². The third kappa shape index (κ3) is 8.55. The number of hydrogen-bond donors (Lipinski definition) is 4. The summed E-state index contributed by atoms with van der Waals surface area (Å²) in [7, 11) is 3.01. The summed E-state index contributed by atoms with van der Waals surface area (Å²) in [6, 6.07) is 0. The smallest absolute Gasteiger partial charge is 0.303 e. The summed E-state index contributed by atoms with van der Waals surface area (Å²) < 4.78 is 35.8. The predicted octanol–water partition coefficient (Wildman–Crippen LogP) is 2.74. The number of carbonyl (C=O) groups is 2. The van der Waals surface area contributed by atoms with E-state index < -0.39 is 65.9 Å². The normalized spacial score (nSPS) is 37.4. The number of ether oxygens (including phenoxy) is 6. The third-order valence-corrected chi connectivity index (χ3v) is 9.57. The molecule has 12 heteroatoms. The second-order valence-electron chi connectivity index (χ2n) is 12.9. The molecule has 4 N–H and O–H groups in total. The minimum atomic E-state index is -1.62. The Kier molecular flexibility index (Phi) is 13.0. The second kappa shape index (κ2) is 15.6. The number of rotatable bonds is 14. The number of carbonyl (C=O) groups excluding carboxylic acids is 1. The molecule has 3 aliphatic rings. The molecule has 248 valence electrons. The SMILES string of the molecule is CO[C@@H]1[C@H]2OCO[C@@H](NC(=O)[C@@H](O)[C@@]3(OC)CC(C)[C@@H](C)[C@@H](C)O3)[C@H]2O[C@H](C[C@H](O)/C=C/CCCCCC(=O)O)C1(C)C. The van der Waals surface area contributed by atoms with Gasteiger partial charge in [0.25, 0.3) is 5.91 Å². The monoisotopic (exact) mass is 615 g/mol. The lowest BCUT2D eigenvalue weighted by atomic mass is 9.72. The number of carboxylic acid groups (broad SMARTS) is 1. The number of aliphatic hydroxyl groups excluding tert-OH is 2. The van der Waals surface area contributed by atoms with E-state index in [1.54, 1.807) is 13.2 Å². The molecular weight excluding hydrogens is 562 g/mol. The molecule has 1 unspecified atom stereocenters. The zero-order valence-electron chi connectivity index (χ0n) is 26.7. The Labute approximate surface area is 255 Å². The Hall–Kier alpha value is -1.64. The first kappa shape index (κ1) is 35.8. The predicted molar refractivity (Wildman–Crippen MR) is 156 cm³/mol. The number of amides is 1. The van der Waals surface area contributed by atoms with E-state index in [9.17, 15) is 19.8 Å². The van der Waals surface area contributed by atoms with Gasteiger partial charge < -0.3 is 49.1 Å². The van der Waals surface area contributed by atoms with Crippen LogP contribution in [0.1, 0.15) is 79.6 Å². The molecular formula is C31H53NO11. The van der Waals surface area contributed by atoms with Crippen LogP contribution in [0.3, 0.4) is 0 Å². The van der Waals surface area contributed by atoms with Crippen molar-refractivity contribution in [3.63, 3.8) is 0 Å². The van der Waals surface area contributed by atoms with Crippen molar-refractivity contribution in [2.45, 2.75) is 134 Å². The van der Waals surface area contributed by atoms with Crippen LogP contribution < -0.4 is 5.32 Å². The van der Waals surface area contributed by atoms with Crippen molar-refractivity contribution < 1.29 is 53.3 Å². The van der Waals surface area contributed by atoms with Crippen molar-refractivity contribution >= 4 is 11.9 Å². The number of allylic oxidation sites excluding steroid dienone is 1. The van der Waals surface area contributed by atoms with Crippen molar-refractivity contribution in [3.05, 3.63) is 12.2 Å². The van der Waals surface area contributed by atoms with E-state index in [2.05, 4.69) is 12.2 Å². The Morgan fingerprint density at radius 3 is 2.42 bits per heavy atom. The van der Waals surface area contributed by atoms with Gasteiger partial charge in [-0.1, -0.05) is 46.3 Å². The highest BCUT2D eigenvalue weighted by Gasteiger charge is 2.57. The van der Waals surface area contributed by atoms with E-state index in [1.807, 2.05) is 33.8 Å². The third-order valence-electron chi connectivity index (χ3n) is 9.57. The van der Waals surface area contributed by atoms with Gasteiger partial charge in [-0.3, -0.25) is 9.59 Å². The van der Waals surface area contributed by atoms with Crippen molar-refractivity contribution in [3.8, 4) is 0 Å². The van der Waals surface area contributed by atoms with E-state index in [0.717, 1.165) is 19.3 Å². The molecule has 0 aromatic carbocycles. The second-order valence-corrected chi connectivity index (χ2v) is 12.9. The van der Waals surface area contributed by atoms with Crippen LogP contribution in [-0.2, 0) is 38.0 Å². The molecule has 11 atom stereocenters. The van der Waals surface area contributed by atoms with Gasteiger partial charge in [-0.2, -0.15) is 0 Å². The number of aliphatic hydroxyl groups is 2. The topological polar surface area (TPSA) is 162 Å². The fourth-order valence-corrected chi connectivity index (χ4v) is 6.53. The molecule has 3 heterocycles. The van der Waals surface area contributed by atoms with Crippen molar-refractivity contribution in [2.75, 3.05) is 21.0 Å². The van der Waals surface area contributed by atoms with Crippen LogP contribution in [0.5, 0.6) is 0 Å². The largest absolute Gasteiger partial charge is 0.481 e. The van der Waals surface area contributed by atoms with E-state index >= 15 is 0 Å². The van der Waals surface area contributed by atoms with Crippen LogP contribution in [0.4, 0.5) is 0 Å². The lowest BCUT2D eigenvalue weighted by molar-refractivity contribution is -0.334. The van der Waals surface area contributed by atoms with E-state index in [-0.39, 0.29) is 37.6 Å². The molecule has 1 amide bonds. The van der Waals surface area contributed by atoms with Gasteiger partial charge in [-0.05, 0) is 38.0 Å². The molecule has 0 bridgehead atoms. The summed E-state index contributed by atoms with van der Waals surface area (Å²) >= 11 is 0. The Morgan fingerprint density at radius 1 is 1.07 bits per heavy atom. The maximum Gasteiger partial charge on any atom is 0.303 e. The van der Waals surface area contributed by atoms with Gasteiger partial charge in [0, 0.05) is 38.9 Å². The number of hydrogen-bond acceptors (Lipinski definition) is 10. The summed E-state index contributed by atoms with van der Waals surface area (Å²) in [6.45, 7) is 9.89. The molecule has 0 aromatic rings. The summed E-state index contributed by atoms with van der Waals surface area (Å²) in [5, 5.41) is 33.6. The highest BCUT2D eigenvalue weighted by molar-refractivity contribution is 5.82. The van der Waals surface area contributed by atoms with Gasteiger partial charge in [0.2, 0.25) is 5.79 Å². The van der Waals surface area contributed by atoms with Crippen LogP contribution in [0.2, 0.25) is 0 Å². The molecule has 12 nitrogen and oxygen atoms in total. The lowest BCUT2D eigenvalue weighted by Gasteiger charge is -2.54. The number of aliphatic carboxylic acids is 1. The fraction of sp³-hybridized carbons (Fsp3) is 0.871. The van der Waals surface area contributed by atoms with Gasteiger partial charge in [-0.15, -0.1) is 0 Å². The van der Waals surface area contributed by atoms with Gasteiger partial charge in [0.1, 0.15) is 19.0 Å². The van der Waals surface area contributed by atoms with Crippen molar-refractivity contribution in [1.29, 1.82) is 0 Å². The van der Waals surface area contributed by atoms with Crippen LogP contribution in [0.15, 0.2) is 12.2 Å². The summed E-state index contributed by atoms with van der Waals surface area (Å²) in [5.74, 6) is -2.62. The Morgan fingerprint density at radius 2 is 1.79 bits per heavy atom. The van der Waals surface area contributed by atoms with E-state index in [1.165, 1.54) is 7.11 Å². The summed E-state index contributed by atoms with van der Waals surface area (Å²) in [6.07, 6.45) is 1.54. The maximum absolute atomic E-state index is 13.4. The molecule has 3 fully saturated rings. The minimum Gasteiger partial charge on any atom is -0.481 e. The van der Waals surface area contributed by atoms with Crippen molar-refractivity contribution in [1.82, 2.24) is 5.32 Å². The quantitative estimate of drug-likeness (QED) is 0.168. The Balaban J connectivity index is 1.67. The van der Waals surface area contributed by atoms with Crippen LogP contribution in [-0.4, -0.2) is 103 Å². The first-order valence-electron chi connectivity index (χ1n) is 15.5. The summed E-state index contributed by atoms with van der Waals surface area (Å²) in [4.78, 5) is 24.1. The molecule has 0 aliphatic carbocycles. The molecule has 0 aromatic heterocycles. The minimum absolute atomic E-state index is 0.110. The standard InChI is InChI=1S/C31H53NO11/c1-18-16-31(39-7,43-20(3)19(18)2)26(36)28(37)32-29-25-24(40-17-41-29)27(38-6)30(4,5)22(42-25)15-21(33)13-11-9-8-10-12-14-23(34)35/h11,13,18-22,24-27,29,33,36H,8-10,12,14-17H2,1-7H3,(H,32,37)(H,34,35)/b13-11+/t18?,19-,20-,21-,22-,24+,25+,26-,27-,29-,31-/m1/s1. The molecule has 3 saturated heterocycles. The number of unbranched alkanes of at least 4 members (excludes halogenated alkanes) is 3. The van der Waals surface area contributed by atoms with Crippen LogP contribution >= 0.6 is 0 Å². The highest BCUT2D eigenvalue weighted by atomic mass is 16.7. The molecule has 3 rings (SSSR count). The first-order valence-corrected chi connectivity index (χ1v) is 15.5. The van der Waals surface area contributed by atoms with Gasteiger partial charge in [0.15, 0.2) is 12.3 Å². The van der Waals surface area contributed by atoms with E-state index in [0.29, 0.717) is 12.8 Å². The number of fused-ring (bicyclic) bond motifs is 1. The van der Waals surface area contributed by atoms with Crippen molar-refractivity contribution in [2.24, 2.45) is 17.3 Å². The molecule has 0 saturated carbocycles. The average Bonchev–Trinajstić information content (AvgIpc) is 2.95. The molecule has 43 heavy (non-hydrogen) atoms. The maximum atomic E-state index is 13.4. The van der Waals surface area contributed by atoms with Crippen LogP contribution in [0.25, 0.3) is 0 Å². The zero-order valence-corrected chi connectivity index (χ0v) is 26.7. The average molecular weight is 616 g/mol. The lowest BCUT2D eigenvalue weighted by Crippen LogP contribution is -2.69. The summed E-state index contributed by atoms with van der Waals surface area (Å²) in [5.41, 5.74) is -0.563. The zero-order chi connectivity index (χ0) is 31.9. The van der Waals surface area contributed by atoms with Gasteiger partial charge in [-0.25, -0.2) is 0 Å². The van der Waals surface area contributed by atoms with Gasteiger partial charge >= 0.3 is 5.97 Å². The number of carboxylic acids is 1. The Bertz CT molecular complexity index is 931. The van der Waals surface area contributed by atoms with Crippen LogP contribution in [0, 0.1) is 17.3 Å². The van der Waals surface area contributed by atoms with Gasteiger partial charge in [0.05, 0.1) is 24.4 Å². The molecule has 3 aliphatic heterocycles. The first-order chi connectivity index (χ1) is 20.3. The molecule has 0 spiro atoms. The number of methoxy groups -OCH3 is 2. The molecule has 0 radical (unpaired) electrons. The highest BCUT2D eigenvalue weighted by Crippen LogP contribution is 2.44. The number of nitrogens with one attached hydrogen (secondary N) is 1.